The highest BCUT2D eigenvalue weighted by molar-refractivity contribution is 7.15. The van der Waals surface area contributed by atoms with Gasteiger partial charge in [0.2, 0.25) is 0 Å². The van der Waals surface area contributed by atoms with Crippen molar-refractivity contribution in [2.75, 3.05) is 37.7 Å². The zero-order chi connectivity index (χ0) is 14.2. The molecular weight excluding hydrogens is 270 g/mol. The lowest BCUT2D eigenvalue weighted by Gasteiger charge is -2.17. The minimum Gasteiger partial charge on any atom is -0.380 e. The van der Waals surface area contributed by atoms with Crippen molar-refractivity contribution < 1.29 is 4.74 Å². The van der Waals surface area contributed by atoms with Crippen LogP contribution in [0.2, 0.25) is 0 Å². The van der Waals surface area contributed by atoms with Crippen molar-refractivity contribution in [3.05, 3.63) is 10.6 Å². The van der Waals surface area contributed by atoms with Gasteiger partial charge >= 0.3 is 0 Å². The molecule has 4 nitrogen and oxygen atoms in total. The van der Waals surface area contributed by atoms with Crippen LogP contribution in [0.3, 0.4) is 0 Å². The van der Waals surface area contributed by atoms with Crippen LogP contribution in [0.15, 0.2) is 0 Å². The summed E-state index contributed by atoms with van der Waals surface area (Å²) in [6.45, 7) is 10.2. The van der Waals surface area contributed by atoms with Gasteiger partial charge in [-0.1, -0.05) is 20.3 Å². The zero-order valence-electron chi connectivity index (χ0n) is 12.8. The monoisotopic (exact) mass is 297 g/mol. The van der Waals surface area contributed by atoms with E-state index in [0.717, 1.165) is 58.7 Å². The molecule has 1 aliphatic heterocycles. The Morgan fingerprint density at radius 1 is 1.25 bits per heavy atom. The van der Waals surface area contributed by atoms with Crippen molar-refractivity contribution in [1.29, 1.82) is 0 Å². The highest BCUT2D eigenvalue weighted by Crippen LogP contribution is 2.28. The van der Waals surface area contributed by atoms with Crippen LogP contribution in [0.1, 0.15) is 43.7 Å². The largest absolute Gasteiger partial charge is 0.380 e. The van der Waals surface area contributed by atoms with Gasteiger partial charge in [0.1, 0.15) is 0 Å². The lowest BCUT2D eigenvalue weighted by atomic mass is 10.2. The maximum Gasteiger partial charge on any atom is 0.185 e. The van der Waals surface area contributed by atoms with Crippen molar-refractivity contribution in [3.63, 3.8) is 0 Å². The number of ether oxygens (including phenoxy) is 1. The van der Waals surface area contributed by atoms with Crippen molar-refractivity contribution in [2.45, 2.75) is 46.1 Å². The van der Waals surface area contributed by atoms with Crippen LogP contribution in [0.25, 0.3) is 0 Å². The normalized spacial score (nSPS) is 16.4. The third kappa shape index (κ3) is 4.43. The quantitative estimate of drug-likeness (QED) is 0.785. The van der Waals surface area contributed by atoms with Crippen LogP contribution in [0.5, 0.6) is 0 Å². The molecule has 0 unspecified atom stereocenters. The first-order valence-corrected chi connectivity index (χ1v) is 8.68. The van der Waals surface area contributed by atoms with Gasteiger partial charge in [0.15, 0.2) is 5.13 Å². The highest BCUT2D eigenvalue weighted by atomic mass is 32.1. The first-order valence-electron chi connectivity index (χ1n) is 7.87. The second-order valence-electron chi connectivity index (χ2n) is 5.25. The van der Waals surface area contributed by atoms with E-state index in [1.807, 2.05) is 11.3 Å². The minimum absolute atomic E-state index is 0.826. The van der Waals surface area contributed by atoms with Gasteiger partial charge < -0.3 is 15.0 Å². The number of hydrogen-bond acceptors (Lipinski definition) is 5. The Morgan fingerprint density at radius 3 is 2.95 bits per heavy atom. The summed E-state index contributed by atoms with van der Waals surface area (Å²) < 4.78 is 5.53. The maximum atomic E-state index is 5.53. The van der Waals surface area contributed by atoms with Gasteiger partial charge in [0, 0.05) is 31.1 Å². The van der Waals surface area contributed by atoms with Gasteiger partial charge in [0.05, 0.1) is 12.3 Å². The molecule has 0 saturated carbocycles. The fourth-order valence-electron chi connectivity index (χ4n) is 2.39. The molecule has 1 fully saturated rings. The number of hydrogen-bond donors (Lipinski definition) is 1. The summed E-state index contributed by atoms with van der Waals surface area (Å²) in [6, 6.07) is 0. The Kier molecular flexibility index (Phi) is 6.76. The number of anilines is 1. The number of thiazole rings is 1. The Hall–Kier alpha value is -0.650. The molecule has 2 rings (SSSR count). The first kappa shape index (κ1) is 15.7. The van der Waals surface area contributed by atoms with E-state index >= 15 is 0 Å². The Balaban J connectivity index is 2.05. The molecule has 5 heteroatoms. The van der Waals surface area contributed by atoms with E-state index < -0.39 is 0 Å². The number of aromatic nitrogens is 1. The van der Waals surface area contributed by atoms with Crippen LogP contribution in [0.4, 0.5) is 5.13 Å². The van der Waals surface area contributed by atoms with Crippen molar-refractivity contribution >= 4 is 16.5 Å². The van der Waals surface area contributed by atoms with Crippen LogP contribution in [-0.2, 0) is 17.7 Å². The first-order chi connectivity index (χ1) is 9.85. The summed E-state index contributed by atoms with van der Waals surface area (Å²) >= 11 is 1.86. The zero-order valence-corrected chi connectivity index (χ0v) is 13.6. The molecule has 114 valence electrons. The van der Waals surface area contributed by atoms with Gasteiger partial charge in [-0.3, -0.25) is 0 Å². The highest BCUT2D eigenvalue weighted by Gasteiger charge is 2.17. The smallest absolute Gasteiger partial charge is 0.185 e. The average molecular weight is 297 g/mol. The molecule has 20 heavy (non-hydrogen) atoms. The van der Waals surface area contributed by atoms with E-state index in [1.165, 1.54) is 22.1 Å². The topological polar surface area (TPSA) is 37.4 Å². The van der Waals surface area contributed by atoms with Gasteiger partial charge in [-0.2, -0.15) is 0 Å². The molecule has 0 atom stereocenters. The number of rotatable bonds is 7. The van der Waals surface area contributed by atoms with E-state index in [-0.39, 0.29) is 0 Å². The van der Waals surface area contributed by atoms with E-state index in [4.69, 9.17) is 9.72 Å². The summed E-state index contributed by atoms with van der Waals surface area (Å²) in [5, 5.41) is 4.69. The minimum atomic E-state index is 0.826. The summed E-state index contributed by atoms with van der Waals surface area (Å²) in [4.78, 5) is 8.70. The molecule has 0 amide bonds. The van der Waals surface area contributed by atoms with Gasteiger partial charge in [-0.15, -0.1) is 11.3 Å². The third-order valence-electron chi connectivity index (χ3n) is 3.46. The molecule has 1 aromatic rings. The fraction of sp³-hybridized carbons (Fsp3) is 0.800. The molecule has 1 aromatic heterocycles. The molecule has 1 N–H and O–H groups in total. The Labute approximate surface area is 126 Å². The van der Waals surface area contributed by atoms with E-state index in [1.54, 1.807) is 0 Å². The Morgan fingerprint density at radius 2 is 2.15 bits per heavy atom. The van der Waals surface area contributed by atoms with Crippen LogP contribution in [-0.4, -0.2) is 37.8 Å². The second-order valence-corrected chi connectivity index (χ2v) is 6.31. The van der Waals surface area contributed by atoms with Crippen molar-refractivity contribution in [2.24, 2.45) is 0 Å². The lowest BCUT2D eigenvalue weighted by Crippen LogP contribution is -2.25. The fourth-order valence-corrected chi connectivity index (χ4v) is 3.52. The molecule has 0 aromatic carbocycles. The molecular formula is C15H27N3OS. The number of nitrogens with one attached hydrogen (secondary N) is 1. The molecule has 0 aliphatic carbocycles. The third-order valence-corrected chi connectivity index (χ3v) is 4.62. The van der Waals surface area contributed by atoms with Gasteiger partial charge in [-0.05, 0) is 25.8 Å². The number of nitrogens with zero attached hydrogens (tertiary/aromatic N) is 2. The predicted molar refractivity (Wildman–Crippen MR) is 85.8 cm³/mol. The van der Waals surface area contributed by atoms with Gasteiger partial charge in [0.25, 0.3) is 0 Å². The van der Waals surface area contributed by atoms with Gasteiger partial charge in [-0.25, -0.2) is 4.98 Å². The molecule has 2 heterocycles. The molecule has 0 bridgehead atoms. The maximum absolute atomic E-state index is 5.53. The van der Waals surface area contributed by atoms with E-state index in [9.17, 15) is 0 Å². The molecule has 0 spiro atoms. The van der Waals surface area contributed by atoms with Crippen molar-refractivity contribution in [1.82, 2.24) is 10.3 Å². The molecule has 1 aliphatic rings. The lowest BCUT2D eigenvalue weighted by molar-refractivity contribution is 0.152. The number of aryl methyl sites for hydroxylation is 1. The summed E-state index contributed by atoms with van der Waals surface area (Å²) in [5.74, 6) is 0. The Bertz CT molecular complexity index is 386. The SMILES string of the molecule is CCCNCc1sc(N2CCCOCC2)nc1CCC. The summed E-state index contributed by atoms with van der Waals surface area (Å²) in [6.07, 6.45) is 4.53. The standard InChI is InChI=1S/C15H27N3OS/c1-3-6-13-14(12-16-7-4-2)20-15(17-13)18-8-5-10-19-11-9-18/h16H,3-12H2,1-2H3. The van der Waals surface area contributed by atoms with Crippen molar-refractivity contribution in [3.8, 4) is 0 Å². The summed E-state index contributed by atoms with van der Waals surface area (Å²) in [7, 11) is 0. The predicted octanol–water partition coefficient (Wildman–Crippen LogP) is 2.82. The van der Waals surface area contributed by atoms with Crippen LogP contribution in [0, 0.1) is 0 Å². The molecule has 1 saturated heterocycles. The molecule has 0 radical (unpaired) electrons. The second kappa shape index (κ2) is 8.60. The summed E-state index contributed by atoms with van der Waals surface area (Å²) in [5.41, 5.74) is 1.29. The van der Waals surface area contributed by atoms with Crippen LogP contribution >= 0.6 is 11.3 Å². The van der Waals surface area contributed by atoms with E-state index in [2.05, 4.69) is 24.1 Å². The van der Waals surface area contributed by atoms with Crippen LogP contribution < -0.4 is 10.2 Å². The average Bonchev–Trinajstić information content (AvgIpc) is 2.68. The van der Waals surface area contributed by atoms with E-state index in [0.29, 0.717) is 0 Å².